The van der Waals surface area contributed by atoms with Gasteiger partial charge in [-0.15, -0.1) is 0 Å². The Hall–Kier alpha value is -1.28. The number of hydrogen-bond donors (Lipinski definition) is 2. The standard InChI is InChI=1S/C63H123N2O6P/c1-6-8-10-12-14-16-18-20-22-24-26-28-30-31-32-33-35-36-38-40-42-44-46-48-50-52-54-56-62(66)61(60-71-72(68,69)70-59-58-65(3,4)5)64-63(67)57-55-53-51-49-47-45-43-41-39-37-34-29-27-25-23-21-19-17-15-13-11-9-7-2/h25,27,46,48,54,56,61-62,66H,6-24,26,28-45,47,49-53,55,57-60H2,1-5H3,(H-,64,67,68,69)/b27-25-,48-46+,56-54+. The fraction of sp³-hybridized carbons (Fsp3) is 0.889. The summed E-state index contributed by atoms with van der Waals surface area (Å²) >= 11 is 0. The van der Waals surface area contributed by atoms with Gasteiger partial charge in [0.15, 0.2) is 0 Å². The van der Waals surface area contributed by atoms with E-state index in [9.17, 15) is 19.4 Å². The summed E-state index contributed by atoms with van der Waals surface area (Å²) in [5.74, 6) is -0.204. The van der Waals surface area contributed by atoms with Gasteiger partial charge in [0.1, 0.15) is 13.2 Å². The van der Waals surface area contributed by atoms with E-state index in [1.165, 1.54) is 250 Å². The number of nitrogens with zero attached hydrogens (tertiary/aromatic N) is 1. The van der Waals surface area contributed by atoms with Gasteiger partial charge in [-0.1, -0.05) is 281 Å². The smallest absolute Gasteiger partial charge is 0.268 e. The summed E-state index contributed by atoms with van der Waals surface area (Å²) in [6.45, 7) is 4.67. The lowest BCUT2D eigenvalue weighted by atomic mass is 10.0. The van der Waals surface area contributed by atoms with Crippen molar-refractivity contribution in [2.75, 3.05) is 40.9 Å². The Morgan fingerprint density at radius 3 is 1.12 bits per heavy atom. The van der Waals surface area contributed by atoms with Crippen molar-refractivity contribution in [1.82, 2.24) is 5.32 Å². The summed E-state index contributed by atoms with van der Waals surface area (Å²) in [5, 5.41) is 13.9. The SMILES string of the molecule is CCCCCCCCCC/C=C\CCCCCCCCCCCCCC(=O)NC(COP(=O)([O-])OCC[N+](C)(C)C)C(O)/C=C/CC/C=C/CCCCCCCCCCCCCCCCCCCCCCC. The monoisotopic (exact) mass is 1030 g/mol. The largest absolute Gasteiger partial charge is 0.756 e. The minimum atomic E-state index is -4.61. The van der Waals surface area contributed by atoms with E-state index in [0.717, 1.165) is 38.5 Å². The van der Waals surface area contributed by atoms with E-state index in [1.807, 2.05) is 27.2 Å². The number of phosphoric ester groups is 1. The molecule has 0 aromatic heterocycles. The number of amides is 1. The Bertz CT molecular complexity index is 1270. The van der Waals surface area contributed by atoms with Crippen molar-refractivity contribution in [3.8, 4) is 0 Å². The van der Waals surface area contributed by atoms with Gasteiger partial charge in [-0.3, -0.25) is 9.36 Å². The number of likely N-dealkylation sites (N-methyl/N-ethyl adjacent to an activating group) is 1. The molecule has 0 radical (unpaired) electrons. The Morgan fingerprint density at radius 1 is 0.472 bits per heavy atom. The molecule has 0 aliphatic rings. The van der Waals surface area contributed by atoms with E-state index in [4.69, 9.17) is 9.05 Å². The van der Waals surface area contributed by atoms with Crippen LogP contribution in [0.25, 0.3) is 0 Å². The zero-order valence-corrected chi connectivity index (χ0v) is 49.5. The first-order chi connectivity index (χ1) is 35.0. The molecule has 0 aromatic rings. The van der Waals surface area contributed by atoms with Crippen LogP contribution in [0, 0.1) is 0 Å². The van der Waals surface area contributed by atoms with Crippen LogP contribution >= 0.6 is 7.82 Å². The van der Waals surface area contributed by atoms with E-state index in [2.05, 4.69) is 43.5 Å². The van der Waals surface area contributed by atoms with Gasteiger partial charge in [0.25, 0.3) is 7.82 Å². The molecule has 9 heteroatoms. The maximum atomic E-state index is 13.0. The summed E-state index contributed by atoms with van der Waals surface area (Å²) < 4.78 is 23.4. The number of allylic oxidation sites excluding steroid dienone is 5. The molecule has 0 spiro atoms. The summed E-state index contributed by atoms with van der Waals surface area (Å²) in [7, 11) is 1.25. The second-order valence-electron chi connectivity index (χ2n) is 22.8. The lowest BCUT2D eigenvalue weighted by molar-refractivity contribution is -0.870. The molecular weight excluding hydrogens is 912 g/mol. The van der Waals surface area contributed by atoms with Gasteiger partial charge in [0, 0.05) is 6.42 Å². The topological polar surface area (TPSA) is 108 Å². The highest BCUT2D eigenvalue weighted by atomic mass is 31.2. The normalized spacial score (nSPS) is 14.0. The molecule has 1 amide bonds. The first kappa shape index (κ1) is 70.7. The Kier molecular flexibility index (Phi) is 53.5. The van der Waals surface area contributed by atoms with Crippen molar-refractivity contribution in [3.05, 3.63) is 36.5 Å². The molecule has 0 saturated carbocycles. The Morgan fingerprint density at radius 2 is 0.778 bits per heavy atom. The summed E-state index contributed by atoms with van der Waals surface area (Å²) in [6.07, 6.45) is 71.0. The van der Waals surface area contributed by atoms with Crippen LogP contribution in [0.2, 0.25) is 0 Å². The zero-order valence-electron chi connectivity index (χ0n) is 48.6. The molecule has 3 atom stereocenters. The minimum absolute atomic E-state index is 0.00552. The van der Waals surface area contributed by atoms with Crippen LogP contribution in [0.4, 0.5) is 0 Å². The van der Waals surface area contributed by atoms with Gasteiger partial charge < -0.3 is 28.8 Å². The maximum absolute atomic E-state index is 13.0. The Labute approximate surface area is 448 Å². The molecule has 0 rings (SSSR count). The summed E-state index contributed by atoms with van der Waals surface area (Å²) in [6, 6.07) is -0.904. The number of carbonyl (C=O) groups is 1. The third kappa shape index (κ3) is 56.4. The van der Waals surface area contributed by atoms with Crippen LogP contribution in [0.15, 0.2) is 36.5 Å². The van der Waals surface area contributed by atoms with Gasteiger partial charge in [0.2, 0.25) is 5.91 Å². The van der Waals surface area contributed by atoms with Crippen molar-refractivity contribution in [2.24, 2.45) is 0 Å². The number of unbranched alkanes of at least 4 members (excludes halogenated alkanes) is 41. The first-order valence-electron chi connectivity index (χ1n) is 31.4. The van der Waals surface area contributed by atoms with E-state index < -0.39 is 26.6 Å². The number of aliphatic hydroxyl groups excluding tert-OH is 1. The number of quaternary nitrogens is 1. The van der Waals surface area contributed by atoms with Crippen molar-refractivity contribution in [2.45, 2.75) is 321 Å². The van der Waals surface area contributed by atoms with Crippen LogP contribution in [0.3, 0.4) is 0 Å². The van der Waals surface area contributed by atoms with E-state index in [0.29, 0.717) is 17.4 Å². The number of carbonyl (C=O) groups excluding carboxylic acids is 1. The Balaban J connectivity index is 4.18. The van der Waals surface area contributed by atoms with Crippen molar-refractivity contribution in [3.63, 3.8) is 0 Å². The molecule has 0 saturated heterocycles. The molecule has 3 unspecified atom stereocenters. The molecule has 0 fully saturated rings. The van der Waals surface area contributed by atoms with Crippen molar-refractivity contribution >= 4 is 13.7 Å². The lowest BCUT2D eigenvalue weighted by Crippen LogP contribution is -2.45. The van der Waals surface area contributed by atoms with Gasteiger partial charge in [-0.2, -0.15) is 0 Å². The molecule has 0 aromatic carbocycles. The highest BCUT2D eigenvalue weighted by Gasteiger charge is 2.23. The minimum Gasteiger partial charge on any atom is -0.756 e. The number of phosphoric acid groups is 1. The number of hydrogen-bond acceptors (Lipinski definition) is 6. The third-order valence-corrected chi connectivity index (χ3v) is 15.3. The van der Waals surface area contributed by atoms with Crippen molar-refractivity contribution in [1.29, 1.82) is 0 Å². The van der Waals surface area contributed by atoms with Crippen LogP contribution in [0.1, 0.15) is 309 Å². The van der Waals surface area contributed by atoms with Crippen LogP contribution < -0.4 is 10.2 Å². The summed E-state index contributed by atoms with van der Waals surface area (Å²) in [5.41, 5.74) is 0. The molecule has 8 nitrogen and oxygen atoms in total. The van der Waals surface area contributed by atoms with Crippen LogP contribution in [-0.2, 0) is 18.4 Å². The highest BCUT2D eigenvalue weighted by molar-refractivity contribution is 7.45. The highest BCUT2D eigenvalue weighted by Crippen LogP contribution is 2.38. The molecule has 0 heterocycles. The molecule has 72 heavy (non-hydrogen) atoms. The predicted molar refractivity (Wildman–Crippen MR) is 311 cm³/mol. The zero-order chi connectivity index (χ0) is 52.7. The maximum Gasteiger partial charge on any atom is 0.268 e. The van der Waals surface area contributed by atoms with Gasteiger partial charge in [-0.05, 0) is 57.8 Å². The van der Waals surface area contributed by atoms with Crippen LogP contribution in [0.5, 0.6) is 0 Å². The molecule has 426 valence electrons. The fourth-order valence-electron chi connectivity index (χ4n) is 9.40. The molecular formula is C63H123N2O6P. The number of rotatable bonds is 58. The van der Waals surface area contributed by atoms with Crippen molar-refractivity contribution < 1.29 is 32.9 Å². The molecule has 0 aliphatic heterocycles. The number of nitrogens with one attached hydrogen (secondary N) is 1. The van der Waals surface area contributed by atoms with Gasteiger partial charge in [-0.25, -0.2) is 0 Å². The lowest BCUT2D eigenvalue weighted by Gasteiger charge is -2.29. The van der Waals surface area contributed by atoms with Crippen LogP contribution in [-0.4, -0.2) is 68.5 Å². The average Bonchev–Trinajstić information content (AvgIpc) is 3.34. The van der Waals surface area contributed by atoms with Gasteiger partial charge >= 0.3 is 0 Å². The molecule has 0 aliphatic carbocycles. The molecule has 2 N–H and O–H groups in total. The third-order valence-electron chi connectivity index (χ3n) is 14.3. The quantitative estimate of drug-likeness (QED) is 0.0272. The fourth-order valence-corrected chi connectivity index (χ4v) is 10.1. The number of aliphatic hydroxyl groups is 1. The predicted octanol–water partition coefficient (Wildman–Crippen LogP) is 18.7. The second kappa shape index (κ2) is 54.5. The van der Waals surface area contributed by atoms with E-state index in [1.54, 1.807) is 6.08 Å². The second-order valence-corrected chi connectivity index (χ2v) is 24.2. The summed E-state index contributed by atoms with van der Waals surface area (Å²) in [4.78, 5) is 25.5. The first-order valence-corrected chi connectivity index (χ1v) is 32.8. The van der Waals surface area contributed by atoms with E-state index >= 15 is 0 Å². The van der Waals surface area contributed by atoms with Gasteiger partial charge in [0.05, 0.1) is 39.9 Å². The van der Waals surface area contributed by atoms with E-state index in [-0.39, 0.29) is 12.5 Å². The average molecular weight is 1040 g/mol. The molecule has 0 bridgehead atoms.